The van der Waals surface area contributed by atoms with E-state index in [-0.39, 0.29) is 22.9 Å². The molecular weight excluding hydrogens is 327 g/mol. The predicted octanol–water partition coefficient (Wildman–Crippen LogP) is 1.21. The predicted molar refractivity (Wildman–Crippen MR) is 82.4 cm³/mol. The van der Waals surface area contributed by atoms with Crippen molar-refractivity contribution in [3.63, 3.8) is 0 Å². The molecular formula is C15H18ClFN2O4. The molecule has 0 saturated carbocycles. The summed E-state index contributed by atoms with van der Waals surface area (Å²) >= 11 is 5.80. The first-order valence-electron chi connectivity index (χ1n) is 7.00. The molecule has 8 heteroatoms. The average molecular weight is 345 g/mol. The number of halogens is 2. The van der Waals surface area contributed by atoms with E-state index in [0.29, 0.717) is 6.54 Å². The summed E-state index contributed by atoms with van der Waals surface area (Å²) in [5.41, 5.74) is 0.00951. The number of ether oxygens (including phenoxy) is 1. The van der Waals surface area contributed by atoms with E-state index < -0.39 is 30.3 Å². The third kappa shape index (κ3) is 6.23. The van der Waals surface area contributed by atoms with Crippen LogP contribution in [-0.2, 0) is 25.5 Å². The minimum Gasteiger partial charge on any atom is -0.455 e. The number of benzene rings is 1. The monoisotopic (exact) mass is 344 g/mol. The molecule has 0 heterocycles. The summed E-state index contributed by atoms with van der Waals surface area (Å²) in [6, 6.07) is 3.30. The van der Waals surface area contributed by atoms with Crippen molar-refractivity contribution in [2.24, 2.45) is 0 Å². The number of rotatable bonds is 7. The van der Waals surface area contributed by atoms with Crippen molar-refractivity contribution in [3.05, 3.63) is 34.6 Å². The lowest BCUT2D eigenvalue weighted by atomic mass is 10.1. The molecule has 23 heavy (non-hydrogen) atoms. The molecule has 0 unspecified atom stereocenters. The van der Waals surface area contributed by atoms with Crippen molar-refractivity contribution in [2.45, 2.75) is 26.3 Å². The smallest absolute Gasteiger partial charge is 0.310 e. The zero-order valence-electron chi connectivity index (χ0n) is 12.8. The van der Waals surface area contributed by atoms with Crippen molar-refractivity contribution < 1.29 is 23.5 Å². The van der Waals surface area contributed by atoms with Gasteiger partial charge in [-0.3, -0.25) is 14.4 Å². The summed E-state index contributed by atoms with van der Waals surface area (Å²) < 4.78 is 18.3. The average Bonchev–Trinajstić information content (AvgIpc) is 2.49. The molecule has 0 aromatic heterocycles. The molecule has 2 amide bonds. The molecule has 1 atom stereocenters. The van der Waals surface area contributed by atoms with Crippen molar-refractivity contribution in [1.29, 1.82) is 0 Å². The number of amides is 2. The summed E-state index contributed by atoms with van der Waals surface area (Å²) in [5.74, 6) is -2.39. The second kappa shape index (κ2) is 9.09. The molecule has 1 aromatic rings. The van der Waals surface area contributed by atoms with Crippen molar-refractivity contribution in [1.82, 2.24) is 10.6 Å². The zero-order chi connectivity index (χ0) is 17.4. The Morgan fingerprint density at radius 3 is 2.65 bits per heavy atom. The zero-order valence-corrected chi connectivity index (χ0v) is 13.6. The van der Waals surface area contributed by atoms with Gasteiger partial charge < -0.3 is 15.4 Å². The minimum atomic E-state index is -0.794. The van der Waals surface area contributed by atoms with Gasteiger partial charge in [-0.2, -0.15) is 0 Å². The van der Waals surface area contributed by atoms with Gasteiger partial charge in [0.2, 0.25) is 5.91 Å². The maximum absolute atomic E-state index is 13.5. The van der Waals surface area contributed by atoms with Gasteiger partial charge >= 0.3 is 5.97 Å². The molecule has 1 rings (SSSR count). The largest absolute Gasteiger partial charge is 0.455 e. The molecule has 0 aliphatic carbocycles. The molecule has 6 nitrogen and oxygen atoms in total. The quantitative estimate of drug-likeness (QED) is 0.728. The van der Waals surface area contributed by atoms with E-state index in [1.165, 1.54) is 25.1 Å². The van der Waals surface area contributed by atoms with E-state index in [1.807, 2.05) is 0 Å². The van der Waals surface area contributed by atoms with E-state index >= 15 is 0 Å². The summed E-state index contributed by atoms with van der Waals surface area (Å²) in [4.78, 5) is 34.7. The number of nitrogens with one attached hydrogen (secondary N) is 2. The van der Waals surface area contributed by atoms with E-state index in [0.717, 1.165) is 0 Å². The van der Waals surface area contributed by atoms with E-state index in [1.54, 1.807) is 6.92 Å². The molecule has 126 valence electrons. The molecule has 0 saturated heterocycles. The van der Waals surface area contributed by atoms with Gasteiger partial charge in [-0.05, 0) is 26.0 Å². The fourth-order valence-corrected chi connectivity index (χ4v) is 1.95. The van der Waals surface area contributed by atoms with Gasteiger partial charge in [0.05, 0.1) is 6.42 Å². The maximum atomic E-state index is 13.5. The van der Waals surface area contributed by atoms with Crippen LogP contribution in [0.4, 0.5) is 4.39 Å². The Kier molecular flexibility index (Phi) is 7.47. The second-order valence-electron chi connectivity index (χ2n) is 4.72. The minimum absolute atomic E-state index is 0.00951. The summed E-state index contributed by atoms with van der Waals surface area (Å²) in [6.45, 7) is 3.14. The fraction of sp³-hybridized carbons (Fsp3) is 0.400. The SMILES string of the molecule is CCNC(=O)[C@H](C)NC(=O)COC(=O)Cc1c(F)cccc1Cl. The van der Waals surface area contributed by atoms with E-state index in [9.17, 15) is 18.8 Å². The summed E-state index contributed by atoms with van der Waals surface area (Å²) in [6.07, 6.45) is -0.384. The third-order valence-electron chi connectivity index (χ3n) is 2.87. The van der Waals surface area contributed by atoms with Crippen LogP contribution >= 0.6 is 11.6 Å². The number of hydrogen-bond donors (Lipinski definition) is 2. The Labute approximate surface area is 138 Å². The first kappa shape index (κ1) is 18.9. The van der Waals surface area contributed by atoms with Crippen LogP contribution in [0.1, 0.15) is 19.4 Å². The Morgan fingerprint density at radius 2 is 2.04 bits per heavy atom. The molecule has 0 fully saturated rings. The molecule has 0 aliphatic heterocycles. The molecule has 0 bridgehead atoms. The van der Waals surface area contributed by atoms with Crippen LogP contribution in [0.25, 0.3) is 0 Å². The van der Waals surface area contributed by atoms with Gasteiger partial charge in [0.15, 0.2) is 6.61 Å². The highest BCUT2D eigenvalue weighted by Crippen LogP contribution is 2.19. The fourth-order valence-electron chi connectivity index (χ4n) is 1.72. The Balaban J connectivity index is 2.44. The van der Waals surface area contributed by atoms with E-state index in [4.69, 9.17) is 16.3 Å². The Morgan fingerprint density at radius 1 is 1.35 bits per heavy atom. The van der Waals surface area contributed by atoms with Crippen LogP contribution in [0.2, 0.25) is 5.02 Å². The number of esters is 1. The summed E-state index contributed by atoms with van der Waals surface area (Å²) in [5, 5.41) is 5.03. The highest BCUT2D eigenvalue weighted by atomic mass is 35.5. The van der Waals surface area contributed by atoms with E-state index in [2.05, 4.69) is 10.6 Å². The van der Waals surface area contributed by atoms with Crippen LogP contribution < -0.4 is 10.6 Å². The number of carbonyl (C=O) groups excluding carboxylic acids is 3. The van der Waals surface area contributed by atoms with Crippen LogP contribution in [0.3, 0.4) is 0 Å². The van der Waals surface area contributed by atoms with Gasteiger partial charge in [0, 0.05) is 17.1 Å². The number of hydrogen-bond acceptors (Lipinski definition) is 4. The van der Waals surface area contributed by atoms with Crippen molar-refractivity contribution in [3.8, 4) is 0 Å². The lowest BCUT2D eigenvalue weighted by Crippen LogP contribution is -2.46. The molecule has 1 aromatic carbocycles. The van der Waals surface area contributed by atoms with Crippen molar-refractivity contribution in [2.75, 3.05) is 13.2 Å². The molecule has 0 aliphatic rings. The Hall–Kier alpha value is -2.15. The topological polar surface area (TPSA) is 84.5 Å². The summed E-state index contributed by atoms with van der Waals surface area (Å²) in [7, 11) is 0. The van der Waals surface area contributed by atoms with Gasteiger partial charge in [-0.1, -0.05) is 17.7 Å². The third-order valence-corrected chi connectivity index (χ3v) is 3.22. The standard InChI is InChI=1S/C15H18ClFN2O4/c1-3-18-15(22)9(2)19-13(20)8-23-14(21)7-10-11(16)5-4-6-12(10)17/h4-6,9H,3,7-8H2,1-2H3,(H,18,22)(H,19,20)/t9-/m0/s1. The second-order valence-corrected chi connectivity index (χ2v) is 5.13. The van der Waals surface area contributed by atoms with Gasteiger partial charge in [0.1, 0.15) is 11.9 Å². The highest BCUT2D eigenvalue weighted by Gasteiger charge is 2.17. The highest BCUT2D eigenvalue weighted by molar-refractivity contribution is 6.31. The van der Waals surface area contributed by atoms with Crippen LogP contribution in [0.15, 0.2) is 18.2 Å². The van der Waals surface area contributed by atoms with Crippen LogP contribution in [0.5, 0.6) is 0 Å². The van der Waals surface area contributed by atoms with Crippen LogP contribution in [0, 0.1) is 5.82 Å². The first-order chi connectivity index (χ1) is 10.8. The van der Waals surface area contributed by atoms with Gasteiger partial charge in [-0.15, -0.1) is 0 Å². The van der Waals surface area contributed by atoms with Gasteiger partial charge in [-0.25, -0.2) is 4.39 Å². The lowest BCUT2D eigenvalue weighted by molar-refractivity contribution is -0.148. The van der Waals surface area contributed by atoms with Gasteiger partial charge in [0.25, 0.3) is 5.91 Å². The Bertz CT molecular complexity index is 575. The molecule has 0 radical (unpaired) electrons. The maximum Gasteiger partial charge on any atom is 0.310 e. The lowest BCUT2D eigenvalue weighted by Gasteiger charge is -2.13. The van der Waals surface area contributed by atoms with Crippen LogP contribution in [-0.4, -0.2) is 37.0 Å². The molecule has 2 N–H and O–H groups in total. The number of likely N-dealkylation sites (N-methyl/N-ethyl adjacent to an activating group) is 1. The first-order valence-corrected chi connectivity index (χ1v) is 7.38. The molecule has 0 spiro atoms. The number of carbonyl (C=O) groups is 3. The normalized spacial score (nSPS) is 11.5. The van der Waals surface area contributed by atoms with Crippen molar-refractivity contribution >= 4 is 29.4 Å².